The smallest absolute Gasteiger partial charge is 0.248 e. The number of carbonyl (C=O) groups excluding carboxylic acids is 1. The van der Waals surface area contributed by atoms with Crippen LogP contribution in [0.2, 0.25) is 0 Å². The SMILES string of the molecule is CCn1nc(C)c2c1N1CCS(=O)(=O)CC1C(=O)N2. The van der Waals surface area contributed by atoms with E-state index in [-0.39, 0.29) is 17.4 Å². The van der Waals surface area contributed by atoms with Crippen molar-refractivity contribution in [2.75, 3.05) is 28.3 Å². The van der Waals surface area contributed by atoms with Crippen LogP contribution in [0.25, 0.3) is 0 Å². The molecule has 0 aromatic carbocycles. The van der Waals surface area contributed by atoms with Crippen LogP contribution in [0.1, 0.15) is 12.6 Å². The topological polar surface area (TPSA) is 84.3 Å². The van der Waals surface area contributed by atoms with Gasteiger partial charge in [-0.2, -0.15) is 5.10 Å². The number of sulfone groups is 1. The molecule has 3 heterocycles. The van der Waals surface area contributed by atoms with Crippen LogP contribution in [-0.2, 0) is 21.2 Å². The first-order valence-electron chi connectivity index (χ1n) is 6.28. The van der Waals surface area contributed by atoms with Crippen LogP contribution < -0.4 is 10.2 Å². The van der Waals surface area contributed by atoms with Crippen LogP contribution in [0.3, 0.4) is 0 Å². The van der Waals surface area contributed by atoms with Gasteiger partial charge in [-0.1, -0.05) is 0 Å². The second-order valence-corrected chi connectivity index (χ2v) is 7.14. The highest BCUT2D eigenvalue weighted by molar-refractivity contribution is 7.91. The second-order valence-electron chi connectivity index (χ2n) is 4.91. The quantitative estimate of drug-likeness (QED) is 0.770. The fourth-order valence-corrected chi connectivity index (χ4v) is 4.17. The van der Waals surface area contributed by atoms with E-state index in [1.54, 1.807) is 0 Å². The zero-order valence-corrected chi connectivity index (χ0v) is 11.7. The molecule has 1 unspecified atom stereocenters. The Bertz CT molecular complexity index is 649. The summed E-state index contributed by atoms with van der Waals surface area (Å²) in [6, 6.07) is -0.632. The number of nitrogens with zero attached hydrogens (tertiary/aromatic N) is 3. The Morgan fingerprint density at radius 2 is 2.21 bits per heavy atom. The number of carbonyl (C=O) groups is 1. The molecule has 2 aliphatic rings. The van der Waals surface area contributed by atoms with Gasteiger partial charge >= 0.3 is 0 Å². The average Bonchev–Trinajstić information content (AvgIpc) is 2.66. The highest BCUT2D eigenvalue weighted by Gasteiger charge is 2.42. The molecular weight excluding hydrogens is 268 g/mol. The lowest BCUT2D eigenvalue weighted by molar-refractivity contribution is -0.117. The third-order valence-corrected chi connectivity index (χ3v) is 5.28. The zero-order valence-electron chi connectivity index (χ0n) is 10.9. The number of aromatic nitrogens is 2. The summed E-state index contributed by atoms with van der Waals surface area (Å²) in [5.74, 6) is 0.546. The van der Waals surface area contributed by atoms with Crippen molar-refractivity contribution in [3.8, 4) is 0 Å². The van der Waals surface area contributed by atoms with Gasteiger partial charge < -0.3 is 10.2 Å². The van der Waals surface area contributed by atoms with Gasteiger partial charge in [-0.05, 0) is 13.8 Å². The molecule has 0 saturated carbocycles. The monoisotopic (exact) mass is 284 g/mol. The molecule has 3 rings (SSSR count). The first kappa shape index (κ1) is 12.5. The molecule has 1 atom stereocenters. The molecular formula is C11H16N4O3S. The van der Waals surface area contributed by atoms with Gasteiger partial charge in [0.25, 0.3) is 0 Å². The van der Waals surface area contributed by atoms with E-state index in [1.807, 2.05) is 23.4 Å². The van der Waals surface area contributed by atoms with E-state index < -0.39 is 15.9 Å². The number of fused-ring (bicyclic) bond motifs is 3. The van der Waals surface area contributed by atoms with Crippen molar-refractivity contribution < 1.29 is 13.2 Å². The number of aryl methyl sites for hydroxylation is 2. The summed E-state index contributed by atoms with van der Waals surface area (Å²) in [4.78, 5) is 13.9. The summed E-state index contributed by atoms with van der Waals surface area (Å²) in [5, 5.41) is 7.17. The lowest BCUT2D eigenvalue weighted by Crippen LogP contribution is -2.57. The fourth-order valence-electron chi connectivity index (χ4n) is 2.71. The highest BCUT2D eigenvalue weighted by Crippen LogP contribution is 2.36. The molecule has 1 fully saturated rings. The molecule has 1 amide bonds. The number of nitrogens with one attached hydrogen (secondary N) is 1. The van der Waals surface area contributed by atoms with Crippen LogP contribution in [0.15, 0.2) is 0 Å². The standard InChI is InChI=1S/C11H16N4O3S/c1-3-15-11-9(7(2)13-15)12-10(16)8-6-19(17,18)5-4-14(8)11/h8H,3-6H2,1-2H3,(H,12,16). The van der Waals surface area contributed by atoms with Gasteiger partial charge in [0.2, 0.25) is 5.91 Å². The van der Waals surface area contributed by atoms with E-state index in [2.05, 4.69) is 10.4 Å². The molecule has 0 radical (unpaired) electrons. The first-order chi connectivity index (χ1) is 8.93. The van der Waals surface area contributed by atoms with E-state index >= 15 is 0 Å². The van der Waals surface area contributed by atoms with Gasteiger partial charge in [-0.15, -0.1) is 0 Å². The van der Waals surface area contributed by atoms with Crippen molar-refractivity contribution in [1.82, 2.24) is 9.78 Å². The van der Waals surface area contributed by atoms with Crippen molar-refractivity contribution in [3.63, 3.8) is 0 Å². The van der Waals surface area contributed by atoms with Crippen LogP contribution >= 0.6 is 0 Å². The lowest BCUT2D eigenvalue weighted by atomic mass is 10.1. The summed E-state index contributed by atoms with van der Waals surface area (Å²) in [7, 11) is -3.13. The Morgan fingerprint density at radius 3 is 2.89 bits per heavy atom. The maximum Gasteiger partial charge on any atom is 0.248 e. The molecule has 1 aromatic rings. The molecule has 0 spiro atoms. The number of rotatable bonds is 1. The summed E-state index contributed by atoms with van der Waals surface area (Å²) >= 11 is 0. The molecule has 1 saturated heterocycles. The van der Waals surface area contributed by atoms with Gasteiger partial charge in [0.15, 0.2) is 15.7 Å². The van der Waals surface area contributed by atoms with E-state index in [0.29, 0.717) is 18.8 Å². The molecule has 8 heteroatoms. The van der Waals surface area contributed by atoms with Crippen molar-refractivity contribution in [2.45, 2.75) is 26.4 Å². The minimum atomic E-state index is -3.13. The Hall–Kier alpha value is -1.57. The van der Waals surface area contributed by atoms with Crippen molar-refractivity contribution in [3.05, 3.63) is 5.69 Å². The van der Waals surface area contributed by atoms with Gasteiger partial charge in [0.05, 0.1) is 17.2 Å². The Balaban J connectivity index is 2.11. The van der Waals surface area contributed by atoms with Gasteiger partial charge in [-0.25, -0.2) is 13.1 Å². The summed E-state index contributed by atoms with van der Waals surface area (Å²) < 4.78 is 25.2. The van der Waals surface area contributed by atoms with Crippen LogP contribution in [-0.4, -0.2) is 48.2 Å². The fraction of sp³-hybridized carbons (Fsp3) is 0.636. The van der Waals surface area contributed by atoms with E-state index in [0.717, 1.165) is 11.5 Å². The summed E-state index contributed by atoms with van der Waals surface area (Å²) in [6.07, 6.45) is 0. The van der Waals surface area contributed by atoms with Crippen LogP contribution in [0, 0.1) is 6.92 Å². The largest absolute Gasteiger partial charge is 0.341 e. The van der Waals surface area contributed by atoms with Crippen molar-refractivity contribution in [1.29, 1.82) is 0 Å². The molecule has 104 valence electrons. The third-order valence-electron chi connectivity index (χ3n) is 3.65. The highest BCUT2D eigenvalue weighted by atomic mass is 32.2. The minimum absolute atomic E-state index is 0.0875. The van der Waals surface area contributed by atoms with Crippen LogP contribution in [0.5, 0.6) is 0 Å². The van der Waals surface area contributed by atoms with Crippen LogP contribution in [0.4, 0.5) is 11.5 Å². The second kappa shape index (κ2) is 3.96. The van der Waals surface area contributed by atoms with Crippen molar-refractivity contribution in [2.24, 2.45) is 0 Å². The first-order valence-corrected chi connectivity index (χ1v) is 8.10. The maximum atomic E-state index is 12.1. The van der Waals surface area contributed by atoms with E-state index in [1.165, 1.54) is 0 Å². The van der Waals surface area contributed by atoms with Crippen molar-refractivity contribution >= 4 is 27.2 Å². The molecule has 0 aliphatic carbocycles. The van der Waals surface area contributed by atoms with Gasteiger partial charge in [0, 0.05) is 13.1 Å². The zero-order chi connectivity index (χ0) is 13.8. The average molecular weight is 284 g/mol. The molecule has 19 heavy (non-hydrogen) atoms. The third kappa shape index (κ3) is 1.81. The summed E-state index contributed by atoms with van der Waals surface area (Å²) in [5.41, 5.74) is 1.47. The number of hydrogen-bond acceptors (Lipinski definition) is 5. The number of hydrogen-bond donors (Lipinski definition) is 1. The van der Waals surface area contributed by atoms with Gasteiger partial charge in [0.1, 0.15) is 11.7 Å². The predicted molar refractivity (Wildman–Crippen MR) is 71.1 cm³/mol. The van der Waals surface area contributed by atoms with E-state index in [9.17, 15) is 13.2 Å². The molecule has 1 aromatic heterocycles. The molecule has 2 aliphatic heterocycles. The minimum Gasteiger partial charge on any atom is -0.341 e. The number of amides is 1. The Morgan fingerprint density at radius 1 is 1.47 bits per heavy atom. The Labute approximate surface area is 111 Å². The maximum absolute atomic E-state index is 12.1. The Kier molecular flexibility index (Phi) is 2.60. The lowest BCUT2D eigenvalue weighted by Gasteiger charge is -2.39. The van der Waals surface area contributed by atoms with E-state index in [4.69, 9.17) is 0 Å². The molecule has 7 nitrogen and oxygen atoms in total. The predicted octanol–water partition coefficient (Wildman–Crippen LogP) is -0.233. The van der Waals surface area contributed by atoms with Gasteiger partial charge in [-0.3, -0.25) is 4.79 Å². The summed E-state index contributed by atoms with van der Waals surface area (Å²) in [6.45, 7) is 4.84. The molecule has 1 N–H and O–H groups in total. The number of anilines is 2. The normalized spacial score (nSPS) is 24.6. The molecule has 0 bridgehead atoms.